The van der Waals surface area contributed by atoms with E-state index in [-0.39, 0.29) is 11.2 Å². The molecule has 2 aliphatic rings. The van der Waals surface area contributed by atoms with Gasteiger partial charge in [0.2, 0.25) is 16.0 Å². The van der Waals surface area contributed by atoms with Crippen LogP contribution in [0.5, 0.6) is 0 Å². The highest BCUT2D eigenvalue weighted by molar-refractivity contribution is 7.90. The molecule has 1 aromatic rings. The van der Waals surface area contributed by atoms with Crippen molar-refractivity contribution in [2.24, 2.45) is 11.8 Å². The van der Waals surface area contributed by atoms with Crippen molar-refractivity contribution in [3.05, 3.63) is 18.0 Å². The summed E-state index contributed by atoms with van der Waals surface area (Å²) in [5, 5.41) is -0.237. The number of anilines is 1. The average Bonchev–Trinajstić information content (AvgIpc) is 2.74. The lowest BCUT2D eigenvalue weighted by Crippen LogP contribution is -2.33. The maximum atomic E-state index is 12.9. The number of sulfonamides is 1. The molecule has 1 aromatic heterocycles. The highest BCUT2D eigenvalue weighted by atomic mass is 32.2. The van der Waals surface area contributed by atoms with Crippen LogP contribution in [0.3, 0.4) is 0 Å². The van der Waals surface area contributed by atoms with Gasteiger partial charge in [-0.3, -0.25) is 0 Å². The molecule has 0 saturated carbocycles. The van der Waals surface area contributed by atoms with E-state index in [1.807, 2.05) is 12.4 Å². The summed E-state index contributed by atoms with van der Waals surface area (Å²) in [7, 11) is -3.16. The molecule has 0 bridgehead atoms. The van der Waals surface area contributed by atoms with Crippen LogP contribution in [0, 0.1) is 11.8 Å². The van der Waals surface area contributed by atoms with Gasteiger partial charge in [0.25, 0.3) is 0 Å². The van der Waals surface area contributed by atoms with Gasteiger partial charge in [0.05, 0.1) is 5.25 Å². The van der Waals surface area contributed by atoms with Gasteiger partial charge in [-0.15, -0.1) is 0 Å². The summed E-state index contributed by atoms with van der Waals surface area (Å²) in [6.07, 6.45) is 7.17. The lowest BCUT2D eigenvalue weighted by molar-refractivity contribution is 0.362. The van der Waals surface area contributed by atoms with Crippen LogP contribution in [0.1, 0.15) is 45.6 Å². The molecule has 2 fully saturated rings. The molecule has 0 aromatic carbocycles. The van der Waals surface area contributed by atoms with E-state index >= 15 is 0 Å². The summed E-state index contributed by atoms with van der Waals surface area (Å²) in [4.78, 5) is 11.1. The zero-order valence-electron chi connectivity index (χ0n) is 15.6. The molecule has 3 heterocycles. The topological polar surface area (TPSA) is 66.4 Å². The van der Waals surface area contributed by atoms with Gasteiger partial charge in [-0.25, -0.2) is 22.7 Å². The molecular formula is C18H30N4O2S. The zero-order valence-corrected chi connectivity index (χ0v) is 16.4. The summed E-state index contributed by atoms with van der Waals surface area (Å²) < 4.78 is 27.5. The van der Waals surface area contributed by atoms with Crippen LogP contribution in [0.15, 0.2) is 12.4 Å². The fraction of sp³-hybridized carbons (Fsp3) is 0.778. The second-order valence-corrected chi connectivity index (χ2v) is 9.85. The van der Waals surface area contributed by atoms with Crippen molar-refractivity contribution in [3.8, 4) is 0 Å². The minimum atomic E-state index is -3.16. The van der Waals surface area contributed by atoms with E-state index in [1.165, 1.54) is 0 Å². The fourth-order valence-electron chi connectivity index (χ4n) is 3.81. The lowest BCUT2D eigenvalue weighted by atomic mass is 10.0. The first-order valence-corrected chi connectivity index (χ1v) is 11.0. The summed E-state index contributed by atoms with van der Waals surface area (Å²) in [6, 6.07) is 0. The highest BCUT2D eigenvalue weighted by Gasteiger charge is 2.46. The van der Waals surface area contributed by atoms with Gasteiger partial charge >= 0.3 is 0 Å². The maximum Gasteiger partial charge on any atom is 0.225 e. The average molecular weight is 367 g/mol. The predicted molar refractivity (Wildman–Crippen MR) is 100 cm³/mol. The molecular weight excluding hydrogens is 336 g/mol. The van der Waals surface area contributed by atoms with E-state index in [0.29, 0.717) is 32.0 Å². The van der Waals surface area contributed by atoms with Crippen LogP contribution in [-0.2, 0) is 16.4 Å². The molecule has 25 heavy (non-hydrogen) atoms. The number of fused-ring (bicyclic) bond motifs is 1. The van der Waals surface area contributed by atoms with Crippen molar-refractivity contribution in [3.63, 3.8) is 0 Å². The van der Waals surface area contributed by atoms with Crippen LogP contribution in [0.25, 0.3) is 0 Å². The van der Waals surface area contributed by atoms with Gasteiger partial charge in [-0.05, 0) is 43.1 Å². The Hall–Kier alpha value is -1.21. The Morgan fingerprint density at radius 3 is 2.52 bits per heavy atom. The Labute approximate surface area is 151 Å². The van der Waals surface area contributed by atoms with Gasteiger partial charge in [0.1, 0.15) is 0 Å². The summed E-state index contributed by atoms with van der Waals surface area (Å²) in [5.41, 5.74) is 1.12. The molecule has 0 unspecified atom stereocenters. The first kappa shape index (κ1) is 18.6. The largest absolute Gasteiger partial charge is 0.341 e. The lowest BCUT2D eigenvalue weighted by Gasteiger charge is -2.22. The third-order valence-electron chi connectivity index (χ3n) is 5.50. The zero-order chi connectivity index (χ0) is 18.0. The Morgan fingerprint density at radius 2 is 1.88 bits per heavy atom. The molecule has 0 radical (unpaired) electrons. The highest BCUT2D eigenvalue weighted by Crippen LogP contribution is 2.35. The predicted octanol–water partition coefficient (Wildman–Crippen LogP) is 2.32. The number of rotatable bonds is 5. The Kier molecular flexibility index (Phi) is 5.63. The van der Waals surface area contributed by atoms with Crippen molar-refractivity contribution in [1.29, 1.82) is 0 Å². The number of aromatic nitrogens is 2. The van der Waals surface area contributed by atoms with E-state index in [0.717, 1.165) is 37.3 Å². The van der Waals surface area contributed by atoms with Crippen LogP contribution >= 0.6 is 0 Å². The van der Waals surface area contributed by atoms with Crippen molar-refractivity contribution in [2.75, 3.05) is 31.1 Å². The quantitative estimate of drug-likeness (QED) is 0.800. The number of hydrogen-bond acceptors (Lipinski definition) is 5. The van der Waals surface area contributed by atoms with E-state index < -0.39 is 10.0 Å². The first-order chi connectivity index (χ1) is 11.9. The van der Waals surface area contributed by atoms with E-state index in [1.54, 1.807) is 4.31 Å². The minimum absolute atomic E-state index is 0.233. The second kappa shape index (κ2) is 7.58. The van der Waals surface area contributed by atoms with Gasteiger partial charge in [0.15, 0.2) is 0 Å². The smallest absolute Gasteiger partial charge is 0.225 e. The molecule has 7 heteroatoms. The summed E-state index contributed by atoms with van der Waals surface area (Å²) in [6.45, 7) is 9.26. The number of nitrogens with zero attached hydrogens (tertiary/aromatic N) is 4. The van der Waals surface area contributed by atoms with Crippen LogP contribution in [0.2, 0.25) is 0 Å². The monoisotopic (exact) mass is 366 g/mol. The molecule has 0 amide bonds. The van der Waals surface area contributed by atoms with E-state index in [4.69, 9.17) is 0 Å². The van der Waals surface area contributed by atoms with Crippen molar-refractivity contribution in [2.45, 2.75) is 51.7 Å². The standard InChI is InChI=1S/C18H30N4O2S/c1-4-15-11-19-18(20-12-15)21-8-6-16-13-22(10-5-14(2)3)25(23,24)17(16)7-9-21/h11-12,14,16-17H,4-10,13H2,1-3H3/t16-,17-/m1/s1. The molecule has 0 N–H and O–H groups in total. The SMILES string of the molecule is CCc1cnc(N2CC[C@@H]3CN(CCC(C)C)S(=O)(=O)[C@@H]3CC2)nc1. The summed E-state index contributed by atoms with van der Waals surface area (Å²) >= 11 is 0. The van der Waals surface area contributed by atoms with Gasteiger partial charge in [-0.1, -0.05) is 20.8 Å². The molecule has 2 aliphatic heterocycles. The Bertz CT molecular complexity index is 675. The van der Waals surface area contributed by atoms with Crippen molar-refractivity contribution >= 4 is 16.0 Å². The Morgan fingerprint density at radius 1 is 1.20 bits per heavy atom. The molecule has 2 atom stereocenters. The number of aryl methyl sites for hydroxylation is 1. The van der Waals surface area contributed by atoms with Crippen LogP contribution in [-0.4, -0.2) is 54.1 Å². The third-order valence-corrected chi connectivity index (χ3v) is 7.94. The molecule has 140 valence electrons. The summed E-state index contributed by atoms with van der Waals surface area (Å²) in [5.74, 6) is 1.49. The molecule has 2 saturated heterocycles. The third kappa shape index (κ3) is 3.97. The Balaban J connectivity index is 1.67. The van der Waals surface area contributed by atoms with Crippen molar-refractivity contribution in [1.82, 2.24) is 14.3 Å². The number of hydrogen-bond donors (Lipinski definition) is 0. The minimum Gasteiger partial charge on any atom is -0.341 e. The first-order valence-electron chi connectivity index (χ1n) is 9.46. The van der Waals surface area contributed by atoms with Gasteiger partial charge in [-0.2, -0.15) is 0 Å². The maximum absolute atomic E-state index is 12.9. The van der Waals surface area contributed by atoms with Crippen LogP contribution < -0.4 is 4.90 Å². The molecule has 0 spiro atoms. The fourth-order valence-corrected chi connectivity index (χ4v) is 6.06. The van der Waals surface area contributed by atoms with Crippen LogP contribution in [0.4, 0.5) is 5.95 Å². The van der Waals surface area contributed by atoms with Gasteiger partial charge < -0.3 is 4.90 Å². The second-order valence-electron chi connectivity index (χ2n) is 7.69. The van der Waals surface area contributed by atoms with E-state index in [2.05, 4.69) is 35.6 Å². The normalized spacial score (nSPS) is 26.6. The van der Waals surface area contributed by atoms with Gasteiger partial charge in [0, 0.05) is 38.6 Å². The van der Waals surface area contributed by atoms with Crippen molar-refractivity contribution < 1.29 is 8.42 Å². The molecule has 0 aliphatic carbocycles. The van der Waals surface area contributed by atoms with E-state index in [9.17, 15) is 8.42 Å². The molecule has 3 rings (SSSR count). The molecule has 6 nitrogen and oxygen atoms in total.